The van der Waals surface area contributed by atoms with Gasteiger partial charge in [-0.2, -0.15) is 0 Å². The zero-order valence-corrected chi connectivity index (χ0v) is 10.4. The second kappa shape index (κ2) is 6.40. The molecule has 0 bridgehead atoms. The van der Waals surface area contributed by atoms with Gasteiger partial charge in [0, 0.05) is 18.8 Å². The van der Waals surface area contributed by atoms with E-state index in [9.17, 15) is 0 Å². The van der Waals surface area contributed by atoms with Crippen LogP contribution in [-0.4, -0.2) is 29.2 Å². The van der Waals surface area contributed by atoms with Crippen LogP contribution in [0.3, 0.4) is 0 Å². The quantitative estimate of drug-likeness (QED) is 0.738. The van der Waals surface area contributed by atoms with E-state index in [1.54, 1.807) is 6.20 Å². The number of thiocarbonyl (C=S) groups is 1. The number of ether oxygens (including phenoxy) is 1. The summed E-state index contributed by atoms with van der Waals surface area (Å²) in [6, 6.07) is 3.83. The van der Waals surface area contributed by atoms with Crippen molar-refractivity contribution in [2.45, 2.75) is 19.9 Å². The lowest BCUT2D eigenvalue weighted by atomic mass is 10.2. The van der Waals surface area contributed by atoms with Crippen LogP contribution in [0.2, 0.25) is 0 Å². The minimum absolute atomic E-state index is 0.169. The molecule has 3 N–H and O–H groups in total. The zero-order chi connectivity index (χ0) is 12.0. The smallest absolute Gasteiger partial charge is 0.136 e. The van der Waals surface area contributed by atoms with E-state index in [0.717, 1.165) is 5.56 Å². The summed E-state index contributed by atoms with van der Waals surface area (Å²) in [6.45, 7) is 5.32. The minimum atomic E-state index is 0.169. The van der Waals surface area contributed by atoms with Crippen molar-refractivity contribution in [3.63, 3.8) is 0 Å². The van der Waals surface area contributed by atoms with Gasteiger partial charge in [-0.1, -0.05) is 12.2 Å². The molecule has 0 saturated heterocycles. The number of anilines is 1. The Bertz CT molecular complexity index is 357. The predicted molar refractivity (Wildman–Crippen MR) is 69.7 cm³/mol. The molecule has 0 radical (unpaired) electrons. The van der Waals surface area contributed by atoms with Crippen molar-refractivity contribution in [2.75, 3.05) is 18.5 Å². The molecule has 0 aliphatic heterocycles. The van der Waals surface area contributed by atoms with Gasteiger partial charge in [-0.25, -0.2) is 4.98 Å². The Morgan fingerprint density at radius 2 is 2.44 bits per heavy atom. The number of nitrogens with zero attached hydrogens (tertiary/aromatic N) is 1. The summed E-state index contributed by atoms with van der Waals surface area (Å²) >= 11 is 4.96. The van der Waals surface area contributed by atoms with Crippen LogP contribution in [0.1, 0.15) is 19.4 Å². The topological polar surface area (TPSA) is 60.2 Å². The van der Waals surface area contributed by atoms with Gasteiger partial charge in [0.2, 0.25) is 0 Å². The van der Waals surface area contributed by atoms with Crippen molar-refractivity contribution in [1.82, 2.24) is 4.98 Å². The van der Waals surface area contributed by atoms with Gasteiger partial charge in [-0.3, -0.25) is 0 Å². The van der Waals surface area contributed by atoms with Crippen LogP contribution in [0, 0.1) is 0 Å². The molecule has 4 nitrogen and oxygen atoms in total. The van der Waals surface area contributed by atoms with Gasteiger partial charge in [-0.05, 0) is 26.0 Å². The van der Waals surface area contributed by atoms with Crippen molar-refractivity contribution < 1.29 is 4.74 Å². The molecule has 1 unspecified atom stereocenters. The Kier molecular flexibility index (Phi) is 5.14. The summed E-state index contributed by atoms with van der Waals surface area (Å²) in [7, 11) is 0. The standard InChI is InChI=1S/C11H17N3OS/c1-3-15-7-8(2)14-11-9(10(12)16)5-4-6-13-11/h4-6,8H,3,7H2,1-2H3,(H2,12,16)(H,13,14). The molecule has 0 aliphatic carbocycles. The lowest BCUT2D eigenvalue weighted by Crippen LogP contribution is -2.24. The summed E-state index contributed by atoms with van der Waals surface area (Å²) in [5.74, 6) is 0.710. The number of aromatic nitrogens is 1. The second-order valence-electron chi connectivity index (χ2n) is 3.47. The first kappa shape index (κ1) is 12.9. The van der Waals surface area contributed by atoms with Crippen molar-refractivity contribution in [2.24, 2.45) is 5.73 Å². The molecule has 0 amide bonds. The normalized spacial score (nSPS) is 12.1. The van der Waals surface area contributed by atoms with E-state index in [-0.39, 0.29) is 6.04 Å². The maximum atomic E-state index is 5.61. The molecule has 0 fully saturated rings. The van der Waals surface area contributed by atoms with Crippen LogP contribution < -0.4 is 11.1 Å². The molecule has 5 heteroatoms. The number of nitrogens with one attached hydrogen (secondary N) is 1. The molecular weight excluding hydrogens is 222 g/mol. The van der Waals surface area contributed by atoms with E-state index < -0.39 is 0 Å². The summed E-state index contributed by atoms with van der Waals surface area (Å²) in [5.41, 5.74) is 6.38. The Hall–Kier alpha value is -1.20. The molecule has 0 saturated carbocycles. The molecule has 0 aromatic carbocycles. The maximum Gasteiger partial charge on any atom is 0.136 e. The SMILES string of the molecule is CCOCC(C)Nc1ncccc1C(N)=S. The lowest BCUT2D eigenvalue weighted by Gasteiger charge is -2.16. The van der Waals surface area contributed by atoms with E-state index in [4.69, 9.17) is 22.7 Å². The first-order valence-electron chi connectivity index (χ1n) is 5.24. The van der Waals surface area contributed by atoms with Gasteiger partial charge in [0.15, 0.2) is 0 Å². The molecule has 1 aromatic rings. The number of hydrogen-bond donors (Lipinski definition) is 2. The van der Waals surface area contributed by atoms with Crippen LogP contribution in [0.25, 0.3) is 0 Å². The molecule has 1 aromatic heterocycles. The Balaban J connectivity index is 2.69. The summed E-state index contributed by atoms with van der Waals surface area (Å²) < 4.78 is 5.31. The van der Waals surface area contributed by atoms with Crippen molar-refractivity contribution in [3.05, 3.63) is 23.9 Å². The van der Waals surface area contributed by atoms with Crippen LogP contribution >= 0.6 is 12.2 Å². The summed E-state index contributed by atoms with van der Waals surface area (Å²) in [6.07, 6.45) is 1.71. The third-order valence-electron chi connectivity index (χ3n) is 2.03. The Morgan fingerprint density at radius 3 is 3.06 bits per heavy atom. The van der Waals surface area contributed by atoms with Gasteiger partial charge >= 0.3 is 0 Å². The zero-order valence-electron chi connectivity index (χ0n) is 9.56. The van der Waals surface area contributed by atoms with E-state index in [1.807, 2.05) is 26.0 Å². The van der Waals surface area contributed by atoms with E-state index in [1.165, 1.54) is 0 Å². The van der Waals surface area contributed by atoms with E-state index in [0.29, 0.717) is 24.0 Å². The Labute approximate surface area is 101 Å². The van der Waals surface area contributed by atoms with Crippen LogP contribution in [-0.2, 0) is 4.74 Å². The van der Waals surface area contributed by atoms with E-state index in [2.05, 4.69) is 10.3 Å². The number of pyridine rings is 1. The molecule has 1 atom stereocenters. The third-order valence-corrected chi connectivity index (χ3v) is 2.25. The molecule has 1 rings (SSSR count). The van der Waals surface area contributed by atoms with Crippen molar-refractivity contribution in [1.29, 1.82) is 0 Å². The highest BCUT2D eigenvalue weighted by Gasteiger charge is 2.08. The summed E-state index contributed by atoms with van der Waals surface area (Å²) in [4.78, 5) is 4.56. The van der Waals surface area contributed by atoms with Gasteiger partial charge in [0.05, 0.1) is 12.2 Å². The second-order valence-corrected chi connectivity index (χ2v) is 3.91. The molecule has 16 heavy (non-hydrogen) atoms. The molecule has 0 aliphatic rings. The molecule has 1 heterocycles. The van der Waals surface area contributed by atoms with Crippen LogP contribution in [0.15, 0.2) is 18.3 Å². The minimum Gasteiger partial charge on any atom is -0.389 e. The number of nitrogens with two attached hydrogens (primary N) is 1. The first-order chi connectivity index (χ1) is 7.65. The predicted octanol–water partition coefficient (Wildman–Crippen LogP) is 1.55. The van der Waals surface area contributed by atoms with Crippen LogP contribution in [0.4, 0.5) is 5.82 Å². The highest BCUT2D eigenvalue weighted by Crippen LogP contribution is 2.12. The van der Waals surface area contributed by atoms with Gasteiger partial charge in [0.1, 0.15) is 10.8 Å². The third kappa shape index (κ3) is 3.75. The van der Waals surface area contributed by atoms with Crippen LogP contribution in [0.5, 0.6) is 0 Å². The average Bonchev–Trinajstić information content (AvgIpc) is 2.27. The monoisotopic (exact) mass is 239 g/mol. The highest BCUT2D eigenvalue weighted by molar-refractivity contribution is 7.80. The fourth-order valence-electron chi connectivity index (χ4n) is 1.29. The fourth-order valence-corrected chi connectivity index (χ4v) is 1.45. The largest absolute Gasteiger partial charge is 0.389 e. The Morgan fingerprint density at radius 1 is 1.69 bits per heavy atom. The first-order valence-corrected chi connectivity index (χ1v) is 5.65. The van der Waals surface area contributed by atoms with Gasteiger partial charge in [-0.15, -0.1) is 0 Å². The van der Waals surface area contributed by atoms with Gasteiger partial charge in [0.25, 0.3) is 0 Å². The van der Waals surface area contributed by atoms with Crippen molar-refractivity contribution in [3.8, 4) is 0 Å². The highest BCUT2D eigenvalue weighted by atomic mass is 32.1. The van der Waals surface area contributed by atoms with E-state index >= 15 is 0 Å². The number of rotatable bonds is 6. The summed E-state index contributed by atoms with van der Waals surface area (Å²) in [5, 5.41) is 3.22. The fraction of sp³-hybridized carbons (Fsp3) is 0.455. The molecule has 88 valence electrons. The molecular formula is C11H17N3OS. The van der Waals surface area contributed by atoms with Crippen molar-refractivity contribution >= 4 is 23.0 Å². The molecule has 0 spiro atoms. The maximum absolute atomic E-state index is 5.61. The van der Waals surface area contributed by atoms with Gasteiger partial charge < -0.3 is 15.8 Å². The average molecular weight is 239 g/mol. The lowest BCUT2D eigenvalue weighted by molar-refractivity contribution is 0.141. The number of hydrogen-bond acceptors (Lipinski definition) is 4.